The first kappa shape index (κ1) is 25.4. The van der Waals surface area contributed by atoms with Gasteiger partial charge >= 0.3 is 0 Å². The van der Waals surface area contributed by atoms with Gasteiger partial charge in [-0.2, -0.15) is 4.31 Å². The Morgan fingerprint density at radius 2 is 1.85 bits per heavy atom. The summed E-state index contributed by atoms with van der Waals surface area (Å²) in [6, 6.07) is 10.6. The molecule has 2 aromatic carbocycles. The van der Waals surface area contributed by atoms with Crippen LogP contribution in [0.3, 0.4) is 0 Å². The van der Waals surface area contributed by atoms with Crippen molar-refractivity contribution >= 4 is 53.3 Å². The van der Waals surface area contributed by atoms with E-state index < -0.39 is 32.5 Å². The number of methoxy groups -OCH3 is 1. The molecule has 1 fully saturated rings. The minimum Gasteiger partial charge on any atom is -0.495 e. The zero-order valence-corrected chi connectivity index (χ0v) is 21.2. The molecule has 0 bridgehead atoms. The van der Waals surface area contributed by atoms with Gasteiger partial charge in [-0.1, -0.05) is 22.0 Å². The van der Waals surface area contributed by atoms with E-state index in [2.05, 4.69) is 21.2 Å². The summed E-state index contributed by atoms with van der Waals surface area (Å²) >= 11 is 3.29. The summed E-state index contributed by atoms with van der Waals surface area (Å²) in [5.41, 5.74) is 0.414. The molecule has 1 heterocycles. The number of carbonyl (C=O) groups excluding carboxylic acids is 1. The van der Waals surface area contributed by atoms with E-state index in [4.69, 9.17) is 9.47 Å². The van der Waals surface area contributed by atoms with Gasteiger partial charge in [0.05, 0.1) is 42.8 Å². The summed E-state index contributed by atoms with van der Waals surface area (Å²) in [6.45, 7) is 0.544. The fraction of sp³-hybridized carbons (Fsp3) is 0.350. The summed E-state index contributed by atoms with van der Waals surface area (Å²) in [5.74, 6) is -0.433. The van der Waals surface area contributed by atoms with E-state index in [1.54, 1.807) is 24.3 Å². The maximum absolute atomic E-state index is 13.0. The normalized spacial score (nSPS) is 15.1. The quantitative estimate of drug-likeness (QED) is 0.522. The Kier molecular flexibility index (Phi) is 8.00. The third-order valence-electron chi connectivity index (χ3n) is 4.84. The van der Waals surface area contributed by atoms with Crippen molar-refractivity contribution < 1.29 is 31.1 Å². The number of benzene rings is 2. The molecule has 0 radical (unpaired) electrons. The maximum Gasteiger partial charge on any atom is 0.245 e. The average molecular weight is 562 g/mol. The first-order valence-corrected chi connectivity index (χ1v) is 13.9. The highest BCUT2D eigenvalue weighted by Crippen LogP contribution is 2.30. The van der Waals surface area contributed by atoms with Gasteiger partial charge in [0.1, 0.15) is 12.3 Å². The van der Waals surface area contributed by atoms with Crippen LogP contribution in [0.4, 0.5) is 11.4 Å². The van der Waals surface area contributed by atoms with Crippen molar-refractivity contribution in [2.45, 2.75) is 4.90 Å². The lowest BCUT2D eigenvalue weighted by Crippen LogP contribution is -2.40. The molecule has 0 aliphatic carbocycles. The Balaban J connectivity index is 1.86. The topological polar surface area (TPSA) is 122 Å². The molecule has 3 rings (SSSR count). The van der Waals surface area contributed by atoms with Crippen LogP contribution in [0.15, 0.2) is 51.8 Å². The largest absolute Gasteiger partial charge is 0.495 e. The number of morpholine rings is 1. The SMILES string of the molecule is COc1ccc(S(=O)(=O)N2CCOCC2)cc1NC(=O)CN(c1cccc(Br)c1)S(C)(=O)=O. The van der Waals surface area contributed by atoms with Crippen molar-refractivity contribution in [3.8, 4) is 5.75 Å². The molecule has 13 heteroatoms. The molecular weight excluding hydrogens is 538 g/mol. The Hall–Kier alpha value is -2.19. The predicted octanol–water partition coefficient (Wildman–Crippen LogP) is 1.88. The van der Waals surface area contributed by atoms with E-state index in [-0.39, 0.29) is 29.4 Å². The third-order valence-corrected chi connectivity index (χ3v) is 8.37. The molecule has 1 saturated heterocycles. The minimum atomic E-state index is -3.80. The van der Waals surface area contributed by atoms with Crippen LogP contribution < -0.4 is 14.4 Å². The molecule has 1 aliphatic heterocycles. The molecule has 33 heavy (non-hydrogen) atoms. The summed E-state index contributed by atoms with van der Waals surface area (Å²) < 4.78 is 64.0. The number of amides is 1. The van der Waals surface area contributed by atoms with Crippen molar-refractivity contribution in [1.82, 2.24) is 4.31 Å². The highest BCUT2D eigenvalue weighted by molar-refractivity contribution is 9.10. The lowest BCUT2D eigenvalue weighted by Gasteiger charge is -2.26. The number of halogens is 1. The Bertz CT molecular complexity index is 1230. The highest BCUT2D eigenvalue weighted by atomic mass is 79.9. The lowest BCUT2D eigenvalue weighted by atomic mass is 10.3. The zero-order valence-electron chi connectivity index (χ0n) is 18.0. The van der Waals surface area contributed by atoms with E-state index in [1.165, 1.54) is 29.6 Å². The van der Waals surface area contributed by atoms with Crippen LogP contribution in [0.5, 0.6) is 5.75 Å². The summed E-state index contributed by atoms with van der Waals surface area (Å²) in [4.78, 5) is 12.8. The van der Waals surface area contributed by atoms with E-state index in [9.17, 15) is 21.6 Å². The van der Waals surface area contributed by atoms with Crippen LogP contribution >= 0.6 is 15.9 Å². The van der Waals surface area contributed by atoms with Gasteiger partial charge in [0, 0.05) is 17.6 Å². The number of hydrogen-bond donors (Lipinski definition) is 1. The molecule has 0 spiro atoms. The second-order valence-corrected chi connectivity index (χ2v) is 11.9. The van der Waals surface area contributed by atoms with Crippen molar-refractivity contribution in [3.63, 3.8) is 0 Å². The molecule has 0 unspecified atom stereocenters. The number of nitrogens with one attached hydrogen (secondary N) is 1. The fourth-order valence-electron chi connectivity index (χ4n) is 3.23. The highest BCUT2D eigenvalue weighted by Gasteiger charge is 2.28. The second kappa shape index (κ2) is 10.4. The molecular formula is C20H24BrN3O7S2. The summed E-state index contributed by atoms with van der Waals surface area (Å²) in [6.07, 6.45) is 0.997. The van der Waals surface area contributed by atoms with E-state index in [0.717, 1.165) is 10.6 Å². The van der Waals surface area contributed by atoms with Crippen LogP contribution in [-0.4, -0.2) is 73.3 Å². The van der Waals surface area contributed by atoms with Crippen molar-refractivity contribution in [2.75, 3.05) is 55.8 Å². The second-order valence-electron chi connectivity index (χ2n) is 7.18. The molecule has 2 aromatic rings. The Labute approximate surface area is 201 Å². The van der Waals surface area contributed by atoms with E-state index >= 15 is 0 Å². The minimum absolute atomic E-state index is 0.0209. The zero-order chi connectivity index (χ0) is 24.2. The number of rotatable bonds is 8. The van der Waals surface area contributed by atoms with Gasteiger partial charge in [-0.25, -0.2) is 16.8 Å². The van der Waals surface area contributed by atoms with Crippen LogP contribution in [0.1, 0.15) is 0 Å². The predicted molar refractivity (Wildman–Crippen MR) is 128 cm³/mol. The molecule has 0 aromatic heterocycles. The summed E-state index contributed by atoms with van der Waals surface area (Å²) in [5, 5.41) is 2.57. The number of ether oxygens (including phenoxy) is 2. The van der Waals surface area contributed by atoms with Crippen molar-refractivity contribution in [1.29, 1.82) is 0 Å². The summed E-state index contributed by atoms with van der Waals surface area (Å²) in [7, 11) is -6.20. The van der Waals surface area contributed by atoms with Gasteiger partial charge in [0.2, 0.25) is 26.0 Å². The number of carbonyl (C=O) groups is 1. The van der Waals surface area contributed by atoms with Gasteiger partial charge in [0.25, 0.3) is 0 Å². The Morgan fingerprint density at radius 1 is 1.15 bits per heavy atom. The molecule has 180 valence electrons. The molecule has 10 nitrogen and oxygen atoms in total. The number of sulfonamides is 2. The smallest absolute Gasteiger partial charge is 0.245 e. The van der Waals surface area contributed by atoms with Crippen molar-refractivity contribution in [2.24, 2.45) is 0 Å². The molecule has 1 amide bonds. The monoisotopic (exact) mass is 561 g/mol. The van der Waals surface area contributed by atoms with Gasteiger partial charge in [-0.3, -0.25) is 9.10 Å². The van der Waals surface area contributed by atoms with Crippen LogP contribution in [0.25, 0.3) is 0 Å². The average Bonchev–Trinajstić information content (AvgIpc) is 2.77. The van der Waals surface area contributed by atoms with E-state index in [1.807, 2.05) is 0 Å². The van der Waals surface area contributed by atoms with Crippen LogP contribution in [-0.2, 0) is 29.6 Å². The standard InChI is InChI=1S/C20H24BrN3O7S2/c1-30-19-7-6-17(33(28,29)23-8-10-31-11-9-23)13-18(19)22-20(25)14-24(32(2,26)27)16-5-3-4-15(21)12-16/h3-7,12-13H,8-11,14H2,1-2H3,(H,22,25). The van der Waals surface area contributed by atoms with Crippen LogP contribution in [0.2, 0.25) is 0 Å². The van der Waals surface area contributed by atoms with E-state index in [0.29, 0.717) is 23.4 Å². The Morgan fingerprint density at radius 3 is 2.45 bits per heavy atom. The third kappa shape index (κ3) is 6.23. The van der Waals surface area contributed by atoms with Gasteiger partial charge in [0.15, 0.2) is 0 Å². The maximum atomic E-state index is 13.0. The lowest BCUT2D eigenvalue weighted by molar-refractivity contribution is -0.114. The van der Waals surface area contributed by atoms with Gasteiger partial charge in [-0.15, -0.1) is 0 Å². The van der Waals surface area contributed by atoms with Crippen molar-refractivity contribution in [3.05, 3.63) is 46.9 Å². The fourth-order valence-corrected chi connectivity index (χ4v) is 5.90. The van der Waals surface area contributed by atoms with Gasteiger partial charge < -0.3 is 14.8 Å². The molecule has 1 aliphatic rings. The first-order chi connectivity index (χ1) is 15.5. The molecule has 0 saturated carbocycles. The first-order valence-electron chi connectivity index (χ1n) is 9.81. The number of anilines is 2. The number of nitrogens with zero attached hydrogens (tertiary/aromatic N) is 2. The van der Waals surface area contributed by atoms with Crippen LogP contribution in [0, 0.1) is 0 Å². The number of hydrogen-bond acceptors (Lipinski definition) is 7. The van der Waals surface area contributed by atoms with Gasteiger partial charge in [-0.05, 0) is 36.4 Å². The molecule has 1 N–H and O–H groups in total. The molecule has 0 atom stereocenters.